The number of hydrogen-bond donors (Lipinski definition) is 1. The molecule has 3 nitrogen and oxygen atoms in total. The molecule has 0 fully saturated rings. The van der Waals surface area contributed by atoms with Crippen molar-refractivity contribution in [2.75, 3.05) is 6.54 Å². The van der Waals surface area contributed by atoms with E-state index in [0.29, 0.717) is 17.5 Å². The number of nitrogens with one attached hydrogen (secondary N) is 1. The molecule has 0 saturated carbocycles. The third kappa shape index (κ3) is 2.95. The van der Waals surface area contributed by atoms with E-state index in [1.807, 2.05) is 18.2 Å². The lowest BCUT2D eigenvalue weighted by Crippen LogP contribution is -2.27. The number of rotatable bonds is 4. The van der Waals surface area contributed by atoms with Crippen molar-refractivity contribution in [1.82, 2.24) is 10.3 Å². The Bertz CT molecular complexity index is 725. The lowest BCUT2D eigenvalue weighted by atomic mass is 10.0. The summed E-state index contributed by atoms with van der Waals surface area (Å²) in [5, 5.41) is 4.57. The van der Waals surface area contributed by atoms with Gasteiger partial charge in [-0.3, -0.25) is 9.78 Å². The molecule has 1 aliphatic carbocycles. The Morgan fingerprint density at radius 3 is 2.95 bits per heavy atom. The van der Waals surface area contributed by atoms with Crippen LogP contribution in [0.25, 0.3) is 10.9 Å². The highest BCUT2D eigenvalue weighted by Crippen LogP contribution is 2.31. The van der Waals surface area contributed by atoms with Gasteiger partial charge < -0.3 is 5.32 Å². The molecule has 0 radical (unpaired) electrons. The molecule has 22 heavy (non-hydrogen) atoms. The summed E-state index contributed by atoms with van der Waals surface area (Å²) in [7, 11) is 0. The molecule has 0 saturated heterocycles. The highest BCUT2D eigenvalue weighted by Gasteiger charge is 2.23. The first-order chi connectivity index (χ1) is 10.6. The van der Waals surface area contributed by atoms with Gasteiger partial charge in [-0.1, -0.05) is 25.4 Å². The minimum Gasteiger partial charge on any atom is -0.352 e. The second-order valence-electron chi connectivity index (χ2n) is 6.37. The van der Waals surface area contributed by atoms with Crippen LogP contribution in [0, 0.1) is 5.92 Å². The number of benzene rings is 1. The smallest absolute Gasteiger partial charge is 0.252 e. The summed E-state index contributed by atoms with van der Waals surface area (Å²) >= 11 is 6.13. The van der Waals surface area contributed by atoms with Gasteiger partial charge in [0.05, 0.1) is 11.1 Å². The van der Waals surface area contributed by atoms with Gasteiger partial charge in [-0.2, -0.15) is 0 Å². The molecule has 116 valence electrons. The lowest BCUT2D eigenvalue weighted by Gasteiger charge is -2.13. The van der Waals surface area contributed by atoms with Crippen LogP contribution >= 0.6 is 11.6 Å². The maximum atomic E-state index is 12.7. The van der Waals surface area contributed by atoms with Crippen molar-refractivity contribution < 1.29 is 4.79 Å². The predicted octanol–water partition coefficient (Wildman–Crippen LogP) is 4.15. The summed E-state index contributed by atoms with van der Waals surface area (Å²) in [5.41, 5.74) is 3.82. The number of halogens is 1. The molecule has 0 aliphatic heterocycles. The molecule has 1 aliphatic rings. The van der Waals surface area contributed by atoms with Crippen molar-refractivity contribution in [2.45, 2.75) is 39.5 Å². The van der Waals surface area contributed by atoms with Crippen LogP contribution in [0.1, 0.15) is 48.3 Å². The van der Waals surface area contributed by atoms with E-state index in [2.05, 4.69) is 19.2 Å². The average Bonchev–Trinajstić information content (AvgIpc) is 2.91. The van der Waals surface area contributed by atoms with Gasteiger partial charge in [0.25, 0.3) is 5.91 Å². The number of pyridine rings is 1. The molecule has 0 spiro atoms. The third-order valence-corrected chi connectivity index (χ3v) is 4.44. The zero-order chi connectivity index (χ0) is 15.7. The summed E-state index contributed by atoms with van der Waals surface area (Å²) in [4.78, 5) is 17.4. The lowest BCUT2D eigenvalue weighted by molar-refractivity contribution is 0.0952. The Labute approximate surface area is 136 Å². The van der Waals surface area contributed by atoms with Crippen molar-refractivity contribution in [3.05, 3.63) is 40.0 Å². The number of amides is 1. The van der Waals surface area contributed by atoms with Crippen molar-refractivity contribution in [1.29, 1.82) is 0 Å². The summed E-state index contributed by atoms with van der Waals surface area (Å²) in [6, 6.07) is 5.60. The summed E-state index contributed by atoms with van der Waals surface area (Å²) in [6.45, 7) is 5.02. The highest BCUT2D eigenvalue weighted by molar-refractivity contribution is 6.31. The van der Waals surface area contributed by atoms with Gasteiger partial charge in [0.1, 0.15) is 0 Å². The van der Waals surface area contributed by atoms with Gasteiger partial charge in [0.15, 0.2) is 0 Å². The van der Waals surface area contributed by atoms with Gasteiger partial charge in [-0.15, -0.1) is 0 Å². The topological polar surface area (TPSA) is 42.0 Å². The Morgan fingerprint density at radius 2 is 2.18 bits per heavy atom. The number of carbonyl (C=O) groups excluding carboxylic acids is 1. The number of aryl methyl sites for hydroxylation is 1. The average molecular weight is 317 g/mol. The maximum absolute atomic E-state index is 12.7. The fourth-order valence-corrected chi connectivity index (χ4v) is 3.23. The van der Waals surface area contributed by atoms with E-state index < -0.39 is 0 Å². The molecule has 4 heteroatoms. The predicted molar refractivity (Wildman–Crippen MR) is 90.6 cm³/mol. The van der Waals surface area contributed by atoms with Crippen LogP contribution in [0.15, 0.2) is 18.2 Å². The zero-order valence-corrected chi connectivity index (χ0v) is 13.8. The maximum Gasteiger partial charge on any atom is 0.252 e. The van der Waals surface area contributed by atoms with Crippen molar-refractivity contribution in [2.24, 2.45) is 5.92 Å². The minimum absolute atomic E-state index is 0.00784. The molecule has 1 amide bonds. The van der Waals surface area contributed by atoms with E-state index in [0.717, 1.165) is 53.4 Å². The second kappa shape index (κ2) is 6.25. The number of carbonyl (C=O) groups is 1. The first-order valence-corrected chi connectivity index (χ1v) is 8.33. The Hall–Kier alpha value is -1.61. The highest BCUT2D eigenvalue weighted by atomic mass is 35.5. The summed E-state index contributed by atoms with van der Waals surface area (Å²) in [6.07, 6.45) is 3.94. The van der Waals surface area contributed by atoms with Crippen LogP contribution in [-0.2, 0) is 12.8 Å². The van der Waals surface area contributed by atoms with Crippen molar-refractivity contribution in [3.8, 4) is 0 Å². The quantitative estimate of drug-likeness (QED) is 0.920. The summed E-state index contributed by atoms with van der Waals surface area (Å²) in [5.74, 6) is 0.586. The van der Waals surface area contributed by atoms with E-state index >= 15 is 0 Å². The Balaban J connectivity index is 2.02. The van der Waals surface area contributed by atoms with Crippen molar-refractivity contribution in [3.63, 3.8) is 0 Å². The molecule has 1 aromatic carbocycles. The molecule has 0 bridgehead atoms. The van der Waals surface area contributed by atoms with E-state index in [1.54, 1.807) is 0 Å². The van der Waals surface area contributed by atoms with E-state index in [9.17, 15) is 4.79 Å². The van der Waals surface area contributed by atoms with Crippen LogP contribution in [-0.4, -0.2) is 17.4 Å². The largest absolute Gasteiger partial charge is 0.352 e. The van der Waals surface area contributed by atoms with Gasteiger partial charge in [-0.05, 0) is 55.4 Å². The second-order valence-corrected chi connectivity index (χ2v) is 6.80. The van der Waals surface area contributed by atoms with Crippen LogP contribution < -0.4 is 5.32 Å². The first-order valence-electron chi connectivity index (χ1n) is 7.95. The van der Waals surface area contributed by atoms with Gasteiger partial charge in [-0.25, -0.2) is 0 Å². The van der Waals surface area contributed by atoms with E-state index in [1.165, 1.54) is 0 Å². The Morgan fingerprint density at radius 1 is 1.36 bits per heavy atom. The number of fused-ring (bicyclic) bond motifs is 2. The molecule has 1 aromatic heterocycles. The van der Waals surface area contributed by atoms with Crippen LogP contribution in [0.4, 0.5) is 0 Å². The minimum atomic E-state index is 0.00784. The summed E-state index contributed by atoms with van der Waals surface area (Å²) < 4.78 is 0. The fourth-order valence-electron chi connectivity index (χ4n) is 3.06. The van der Waals surface area contributed by atoms with Gasteiger partial charge >= 0.3 is 0 Å². The van der Waals surface area contributed by atoms with Gasteiger partial charge in [0.2, 0.25) is 0 Å². The molecular weight excluding hydrogens is 296 g/mol. The number of aromatic nitrogens is 1. The van der Waals surface area contributed by atoms with Crippen molar-refractivity contribution >= 4 is 28.4 Å². The zero-order valence-electron chi connectivity index (χ0n) is 13.1. The van der Waals surface area contributed by atoms with E-state index in [-0.39, 0.29) is 5.91 Å². The normalized spacial score (nSPS) is 13.6. The van der Waals surface area contributed by atoms with Crippen LogP contribution in [0.3, 0.4) is 0 Å². The molecule has 0 unspecified atom stereocenters. The van der Waals surface area contributed by atoms with E-state index in [4.69, 9.17) is 16.6 Å². The molecule has 0 atom stereocenters. The molecule has 1 heterocycles. The van der Waals surface area contributed by atoms with Crippen LogP contribution in [0.5, 0.6) is 0 Å². The monoisotopic (exact) mass is 316 g/mol. The SMILES string of the molecule is CC(C)CCNC(=O)c1c2c(nc3ccc(Cl)cc13)CCC2. The molecule has 3 rings (SSSR count). The van der Waals surface area contributed by atoms with Crippen LogP contribution in [0.2, 0.25) is 5.02 Å². The standard InChI is InChI=1S/C18H21ClN2O/c1-11(2)8-9-20-18(22)17-13-4-3-5-15(13)21-16-7-6-12(19)10-14(16)17/h6-7,10-11H,3-5,8-9H2,1-2H3,(H,20,22). The molecule has 1 N–H and O–H groups in total. The number of nitrogens with zero attached hydrogens (tertiary/aromatic N) is 1. The first kappa shape index (κ1) is 15.3. The molecular formula is C18H21ClN2O. The third-order valence-electron chi connectivity index (χ3n) is 4.21. The van der Waals surface area contributed by atoms with Gasteiger partial charge in [0, 0.05) is 22.6 Å². The Kier molecular flexibility index (Phi) is 4.34. The molecule has 2 aromatic rings. The number of hydrogen-bond acceptors (Lipinski definition) is 2. The fraction of sp³-hybridized carbons (Fsp3) is 0.444.